The second-order valence-electron chi connectivity index (χ2n) is 5.00. The van der Waals surface area contributed by atoms with Gasteiger partial charge in [-0.1, -0.05) is 61.7 Å². The zero-order valence-corrected chi connectivity index (χ0v) is 12.2. The van der Waals surface area contributed by atoms with Gasteiger partial charge in [-0.05, 0) is 29.5 Å². The molecular weight excluding hydrogens is 268 g/mol. The Labute approximate surface area is 129 Å². The van der Waals surface area contributed by atoms with Crippen LogP contribution in [-0.4, -0.2) is 9.97 Å². The van der Waals surface area contributed by atoms with Crippen molar-refractivity contribution in [1.82, 2.24) is 9.97 Å². The molecule has 0 saturated carbocycles. The number of hydrogen-bond acceptors (Lipinski definition) is 2. The molecule has 0 unspecified atom stereocenters. The lowest BCUT2D eigenvalue weighted by Gasteiger charge is -2.01. The second kappa shape index (κ2) is 6.19. The lowest BCUT2D eigenvalue weighted by Crippen LogP contribution is -2.02. The van der Waals surface area contributed by atoms with Crippen molar-refractivity contribution >= 4 is 24.1 Å². The molecule has 2 heteroatoms. The van der Waals surface area contributed by atoms with Crippen molar-refractivity contribution in [3.8, 4) is 11.4 Å². The Bertz CT molecular complexity index is 976. The quantitative estimate of drug-likeness (QED) is 0.685. The standard InChI is InChI=1S/C20H16N2/c1-15-7-3-4-8-16(2)21-19(13-11-15)20-14-12-17-9-5-6-10-18(17)22-20/h3-14H,1-2H2. The van der Waals surface area contributed by atoms with Gasteiger partial charge in [0, 0.05) is 5.39 Å². The Kier molecular flexibility index (Phi) is 3.92. The van der Waals surface area contributed by atoms with E-state index in [0.29, 0.717) is 5.35 Å². The largest absolute Gasteiger partial charge is 0.247 e. The van der Waals surface area contributed by atoms with E-state index in [1.54, 1.807) is 0 Å². The zero-order chi connectivity index (χ0) is 15.4. The average molecular weight is 284 g/mol. The van der Waals surface area contributed by atoms with Crippen molar-refractivity contribution in [2.24, 2.45) is 0 Å². The number of nitrogens with zero attached hydrogens (tertiary/aromatic N) is 2. The third-order valence-corrected chi connectivity index (χ3v) is 3.29. The lowest BCUT2D eigenvalue weighted by atomic mass is 10.2. The number of benzene rings is 1. The van der Waals surface area contributed by atoms with Crippen LogP contribution in [0, 0.1) is 0 Å². The van der Waals surface area contributed by atoms with Crippen molar-refractivity contribution in [2.75, 3.05) is 0 Å². The third-order valence-electron chi connectivity index (χ3n) is 3.29. The van der Waals surface area contributed by atoms with Crippen LogP contribution in [-0.2, 0) is 0 Å². The van der Waals surface area contributed by atoms with Crippen LogP contribution in [0.5, 0.6) is 0 Å². The molecule has 22 heavy (non-hydrogen) atoms. The van der Waals surface area contributed by atoms with Gasteiger partial charge in [0.15, 0.2) is 0 Å². The lowest BCUT2D eigenvalue weighted by molar-refractivity contribution is 1.25. The van der Waals surface area contributed by atoms with Crippen LogP contribution in [0.1, 0.15) is 0 Å². The maximum absolute atomic E-state index is 4.69. The van der Waals surface area contributed by atoms with Crippen molar-refractivity contribution in [1.29, 1.82) is 0 Å². The first-order valence-electron chi connectivity index (χ1n) is 7.08. The Morgan fingerprint density at radius 3 is 2.18 bits per heavy atom. The highest BCUT2D eigenvalue weighted by atomic mass is 14.8. The van der Waals surface area contributed by atoms with E-state index in [1.807, 2.05) is 66.7 Å². The molecule has 2 heterocycles. The van der Waals surface area contributed by atoms with Gasteiger partial charge in [-0.3, -0.25) is 0 Å². The summed E-state index contributed by atoms with van der Waals surface area (Å²) in [7, 11) is 0. The summed E-state index contributed by atoms with van der Waals surface area (Å²) in [5, 5.41) is 2.71. The van der Waals surface area contributed by atoms with Crippen LogP contribution in [0.2, 0.25) is 0 Å². The van der Waals surface area contributed by atoms with Gasteiger partial charge in [-0.25, -0.2) is 9.97 Å². The number of hydrogen-bond donors (Lipinski definition) is 0. The number of aromatic nitrogens is 2. The zero-order valence-electron chi connectivity index (χ0n) is 12.2. The number of fused-ring (bicyclic) bond motifs is 1. The maximum Gasteiger partial charge on any atom is 0.0894 e. The fraction of sp³-hybridized carbons (Fsp3) is 0. The van der Waals surface area contributed by atoms with Gasteiger partial charge in [0.25, 0.3) is 0 Å². The Morgan fingerprint density at radius 2 is 1.27 bits per heavy atom. The van der Waals surface area contributed by atoms with E-state index in [1.165, 1.54) is 0 Å². The average Bonchev–Trinajstić information content (AvgIpc) is 2.55. The maximum atomic E-state index is 4.69. The van der Waals surface area contributed by atoms with Crippen LogP contribution < -0.4 is 10.6 Å². The summed E-state index contributed by atoms with van der Waals surface area (Å²) in [4.78, 5) is 9.25. The highest BCUT2D eigenvalue weighted by Gasteiger charge is 2.00. The number of para-hydroxylation sites is 1. The van der Waals surface area contributed by atoms with Gasteiger partial charge in [-0.2, -0.15) is 0 Å². The summed E-state index contributed by atoms with van der Waals surface area (Å²) in [6.45, 7) is 7.93. The molecule has 0 bridgehead atoms. The van der Waals surface area contributed by atoms with Gasteiger partial charge in [0.05, 0.1) is 22.3 Å². The van der Waals surface area contributed by atoms with E-state index in [4.69, 9.17) is 0 Å². The van der Waals surface area contributed by atoms with E-state index in [9.17, 15) is 0 Å². The topological polar surface area (TPSA) is 25.8 Å². The normalized spacial score (nSPS) is 10.2. The van der Waals surface area contributed by atoms with Crippen LogP contribution in [0.4, 0.5) is 0 Å². The number of rotatable bonds is 1. The van der Waals surface area contributed by atoms with E-state index < -0.39 is 0 Å². The fourth-order valence-electron chi connectivity index (χ4n) is 2.17. The monoisotopic (exact) mass is 284 g/mol. The van der Waals surface area contributed by atoms with Crippen LogP contribution in [0.3, 0.4) is 0 Å². The van der Waals surface area contributed by atoms with E-state index >= 15 is 0 Å². The van der Waals surface area contributed by atoms with Gasteiger partial charge in [0.2, 0.25) is 0 Å². The molecule has 0 fully saturated rings. The molecule has 0 spiro atoms. The first kappa shape index (κ1) is 14.0. The van der Waals surface area contributed by atoms with E-state index in [2.05, 4.69) is 29.2 Å². The second-order valence-corrected chi connectivity index (χ2v) is 5.00. The molecule has 0 aliphatic carbocycles. The fourth-order valence-corrected chi connectivity index (χ4v) is 2.17. The number of pyridine rings is 1. The molecule has 0 radical (unpaired) electrons. The Hall–Kier alpha value is -3.00. The van der Waals surface area contributed by atoms with Gasteiger partial charge >= 0.3 is 0 Å². The SMILES string of the molecule is C=c1ccccc(=C)nc(-c2ccc3ccccc3n2)cc1. The summed E-state index contributed by atoms with van der Waals surface area (Å²) >= 11 is 0. The third kappa shape index (κ3) is 3.18. The molecule has 1 aromatic carbocycles. The smallest absolute Gasteiger partial charge is 0.0894 e. The van der Waals surface area contributed by atoms with Crippen molar-refractivity contribution in [3.63, 3.8) is 0 Å². The molecule has 0 aliphatic heterocycles. The molecule has 2 aromatic heterocycles. The highest BCUT2D eigenvalue weighted by Crippen LogP contribution is 2.17. The van der Waals surface area contributed by atoms with Crippen LogP contribution in [0.15, 0.2) is 72.8 Å². The molecule has 106 valence electrons. The highest BCUT2D eigenvalue weighted by molar-refractivity contribution is 5.80. The minimum absolute atomic E-state index is 0.687. The summed E-state index contributed by atoms with van der Waals surface area (Å²) in [5.41, 5.74) is 2.55. The molecule has 2 nitrogen and oxygen atoms in total. The van der Waals surface area contributed by atoms with Crippen LogP contribution in [0.25, 0.3) is 35.4 Å². The van der Waals surface area contributed by atoms with Gasteiger partial charge in [-0.15, -0.1) is 0 Å². The molecule has 0 aliphatic rings. The Balaban J connectivity index is 2.26. The summed E-state index contributed by atoms with van der Waals surface area (Å²) in [6.07, 6.45) is 0. The first-order chi connectivity index (χ1) is 10.7. The van der Waals surface area contributed by atoms with Crippen molar-refractivity contribution < 1.29 is 0 Å². The van der Waals surface area contributed by atoms with E-state index in [0.717, 1.165) is 27.5 Å². The van der Waals surface area contributed by atoms with Crippen molar-refractivity contribution in [2.45, 2.75) is 0 Å². The van der Waals surface area contributed by atoms with Gasteiger partial charge < -0.3 is 0 Å². The molecule has 3 rings (SSSR count). The predicted molar refractivity (Wildman–Crippen MR) is 92.9 cm³/mol. The molecule has 0 amide bonds. The van der Waals surface area contributed by atoms with Gasteiger partial charge in [0.1, 0.15) is 0 Å². The molecular formula is C20H16N2. The molecule has 3 aromatic rings. The Morgan fingerprint density at radius 1 is 0.591 bits per heavy atom. The molecule has 0 saturated heterocycles. The van der Waals surface area contributed by atoms with E-state index in [-0.39, 0.29) is 0 Å². The minimum Gasteiger partial charge on any atom is -0.247 e. The molecule has 0 atom stereocenters. The first-order valence-corrected chi connectivity index (χ1v) is 7.08. The van der Waals surface area contributed by atoms with Crippen molar-refractivity contribution in [3.05, 3.63) is 83.4 Å². The summed E-state index contributed by atoms with van der Waals surface area (Å²) < 4.78 is 0. The minimum atomic E-state index is 0.687. The molecule has 0 N–H and O–H groups in total. The summed E-state index contributed by atoms with van der Waals surface area (Å²) in [6, 6.07) is 23.6. The summed E-state index contributed by atoms with van der Waals surface area (Å²) in [5.74, 6) is 0. The van der Waals surface area contributed by atoms with Crippen LogP contribution >= 0.6 is 0 Å². The predicted octanol–water partition coefficient (Wildman–Crippen LogP) is 3.24.